The molecule has 0 aliphatic heterocycles. The standard InChI is InChI=1S/C10H10F6N2O/c11-9(12,13)6-3-1-2-5(4-18-8(17)19)7(6)10(14,15)16/h3H,1-2,4H2,(H3,17,18,19). The Morgan fingerprint density at radius 3 is 2.21 bits per heavy atom. The summed E-state index contributed by atoms with van der Waals surface area (Å²) in [7, 11) is 0. The molecule has 0 heterocycles. The lowest BCUT2D eigenvalue weighted by Crippen LogP contribution is -2.34. The molecule has 19 heavy (non-hydrogen) atoms. The van der Waals surface area contributed by atoms with E-state index in [9.17, 15) is 31.1 Å². The molecule has 0 aromatic heterocycles. The van der Waals surface area contributed by atoms with Gasteiger partial charge in [-0.1, -0.05) is 6.08 Å². The van der Waals surface area contributed by atoms with Crippen LogP contribution in [-0.2, 0) is 0 Å². The van der Waals surface area contributed by atoms with Crippen molar-refractivity contribution < 1.29 is 31.1 Å². The van der Waals surface area contributed by atoms with Crippen molar-refractivity contribution in [1.29, 1.82) is 0 Å². The molecule has 0 aromatic carbocycles. The number of alkyl halides is 6. The zero-order chi connectivity index (χ0) is 14.8. The predicted molar refractivity (Wildman–Crippen MR) is 54.0 cm³/mol. The van der Waals surface area contributed by atoms with Gasteiger partial charge in [0.2, 0.25) is 0 Å². The third-order valence-corrected chi connectivity index (χ3v) is 2.48. The van der Waals surface area contributed by atoms with Crippen molar-refractivity contribution >= 4 is 6.03 Å². The van der Waals surface area contributed by atoms with Crippen LogP contribution < -0.4 is 11.1 Å². The minimum absolute atomic E-state index is 0.176. The average Bonchev–Trinajstić information content (AvgIpc) is 2.23. The molecule has 9 heteroatoms. The fourth-order valence-electron chi connectivity index (χ4n) is 1.79. The lowest BCUT2D eigenvalue weighted by molar-refractivity contribution is -0.119. The monoisotopic (exact) mass is 288 g/mol. The van der Waals surface area contributed by atoms with E-state index in [4.69, 9.17) is 5.73 Å². The molecule has 1 aliphatic rings. The molecule has 0 saturated heterocycles. The van der Waals surface area contributed by atoms with Gasteiger partial charge in [-0.05, 0) is 18.4 Å². The Morgan fingerprint density at radius 2 is 1.79 bits per heavy atom. The molecule has 1 aliphatic carbocycles. The van der Waals surface area contributed by atoms with E-state index in [1.807, 2.05) is 5.32 Å². The van der Waals surface area contributed by atoms with Crippen molar-refractivity contribution in [3.63, 3.8) is 0 Å². The van der Waals surface area contributed by atoms with Gasteiger partial charge in [0.15, 0.2) is 0 Å². The number of halogens is 6. The van der Waals surface area contributed by atoms with Crippen LogP contribution in [0.1, 0.15) is 12.8 Å². The number of nitrogens with one attached hydrogen (secondary N) is 1. The number of hydrogen-bond acceptors (Lipinski definition) is 1. The molecule has 0 unspecified atom stereocenters. The summed E-state index contributed by atoms with van der Waals surface area (Å²) in [5.74, 6) is 0. The van der Waals surface area contributed by atoms with Gasteiger partial charge < -0.3 is 11.1 Å². The number of nitrogens with two attached hydrogens (primary N) is 1. The van der Waals surface area contributed by atoms with Gasteiger partial charge in [-0.2, -0.15) is 26.3 Å². The van der Waals surface area contributed by atoms with E-state index in [2.05, 4.69) is 0 Å². The van der Waals surface area contributed by atoms with E-state index in [0.717, 1.165) is 0 Å². The highest BCUT2D eigenvalue weighted by Gasteiger charge is 2.48. The molecule has 0 saturated carbocycles. The lowest BCUT2D eigenvalue weighted by atomic mass is 9.89. The second kappa shape index (κ2) is 5.14. The van der Waals surface area contributed by atoms with E-state index >= 15 is 0 Å². The molecule has 1 rings (SSSR count). The van der Waals surface area contributed by atoms with E-state index in [-0.39, 0.29) is 12.8 Å². The fraction of sp³-hybridized carbons (Fsp3) is 0.500. The average molecular weight is 288 g/mol. The first-order valence-corrected chi connectivity index (χ1v) is 5.13. The molecular formula is C10H10F6N2O. The molecule has 108 valence electrons. The summed E-state index contributed by atoms with van der Waals surface area (Å²) >= 11 is 0. The van der Waals surface area contributed by atoms with Gasteiger partial charge >= 0.3 is 18.4 Å². The molecule has 0 aromatic rings. The van der Waals surface area contributed by atoms with Crippen molar-refractivity contribution in [3.05, 3.63) is 22.8 Å². The molecule has 2 amide bonds. The van der Waals surface area contributed by atoms with Crippen molar-refractivity contribution in [2.45, 2.75) is 25.2 Å². The van der Waals surface area contributed by atoms with Gasteiger partial charge in [0.1, 0.15) is 0 Å². The Labute approximate surface area is 104 Å². The van der Waals surface area contributed by atoms with Crippen LogP contribution in [0.5, 0.6) is 0 Å². The topological polar surface area (TPSA) is 55.1 Å². The Balaban J connectivity index is 3.21. The molecule has 3 nitrogen and oxygen atoms in total. The molecule has 3 N–H and O–H groups in total. The van der Waals surface area contributed by atoms with Gasteiger partial charge in [0.25, 0.3) is 0 Å². The second-order valence-electron chi connectivity index (χ2n) is 3.85. The summed E-state index contributed by atoms with van der Waals surface area (Å²) in [6.07, 6.45) is -10.1. The van der Waals surface area contributed by atoms with Crippen LogP contribution in [0.2, 0.25) is 0 Å². The maximum atomic E-state index is 12.8. The van der Waals surface area contributed by atoms with Gasteiger partial charge in [-0.15, -0.1) is 0 Å². The number of carbonyl (C=O) groups excluding carboxylic acids is 1. The molecule has 0 atom stereocenters. The van der Waals surface area contributed by atoms with Gasteiger partial charge in [-0.3, -0.25) is 0 Å². The van der Waals surface area contributed by atoms with Gasteiger partial charge in [0, 0.05) is 6.54 Å². The molecule has 0 spiro atoms. The molecule has 0 bridgehead atoms. The van der Waals surface area contributed by atoms with E-state index < -0.39 is 41.6 Å². The number of urea groups is 1. The summed E-state index contributed by atoms with van der Waals surface area (Å²) in [5, 5.41) is 1.88. The van der Waals surface area contributed by atoms with E-state index in [0.29, 0.717) is 6.08 Å². The summed E-state index contributed by atoms with van der Waals surface area (Å²) in [6.45, 7) is -0.655. The highest BCUT2D eigenvalue weighted by molar-refractivity contribution is 5.72. The van der Waals surface area contributed by atoms with Gasteiger partial charge in [-0.25, -0.2) is 4.79 Å². The minimum atomic E-state index is -5.14. The predicted octanol–water partition coefficient (Wildman–Crippen LogP) is 2.80. The second-order valence-corrected chi connectivity index (χ2v) is 3.85. The number of carbonyl (C=O) groups is 1. The smallest absolute Gasteiger partial charge is 0.352 e. The zero-order valence-corrected chi connectivity index (χ0v) is 9.45. The maximum absolute atomic E-state index is 12.8. The summed E-state index contributed by atoms with van der Waals surface area (Å²) < 4.78 is 76.0. The molecular weight excluding hydrogens is 278 g/mol. The van der Waals surface area contributed by atoms with Gasteiger partial charge in [0.05, 0.1) is 11.1 Å². The number of amides is 2. The molecule has 0 radical (unpaired) electrons. The Hall–Kier alpha value is -1.67. The van der Waals surface area contributed by atoms with Crippen molar-refractivity contribution in [3.8, 4) is 0 Å². The minimum Gasteiger partial charge on any atom is -0.352 e. The van der Waals surface area contributed by atoms with Crippen LogP contribution in [0.3, 0.4) is 0 Å². The van der Waals surface area contributed by atoms with Crippen LogP contribution in [0.15, 0.2) is 22.8 Å². The molecule has 0 fully saturated rings. The Kier molecular flexibility index (Phi) is 4.16. The highest BCUT2D eigenvalue weighted by atomic mass is 19.4. The zero-order valence-electron chi connectivity index (χ0n) is 9.45. The largest absolute Gasteiger partial charge is 0.417 e. The van der Waals surface area contributed by atoms with Crippen LogP contribution in [-0.4, -0.2) is 24.9 Å². The summed E-state index contributed by atoms with van der Waals surface area (Å²) in [4.78, 5) is 10.4. The third-order valence-electron chi connectivity index (χ3n) is 2.48. The van der Waals surface area contributed by atoms with Crippen molar-refractivity contribution in [1.82, 2.24) is 5.32 Å². The summed E-state index contributed by atoms with van der Waals surface area (Å²) in [5.41, 5.74) is 0.716. The SMILES string of the molecule is NC(=O)NCC1=C(C(F)(F)F)C(C(F)(F)F)=CCC1. The Bertz CT molecular complexity index is 432. The number of allylic oxidation sites excluding steroid dienone is 3. The first-order valence-electron chi connectivity index (χ1n) is 5.13. The number of rotatable bonds is 2. The normalized spacial score (nSPS) is 17.3. The van der Waals surface area contributed by atoms with Crippen LogP contribution >= 0.6 is 0 Å². The van der Waals surface area contributed by atoms with E-state index in [1.165, 1.54) is 0 Å². The quantitative estimate of drug-likeness (QED) is 0.754. The van der Waals surface area contributed by atoms with E-state index in [1.54, 1.807) is 0 Å². The third kappa shape index (κ3) is 3.90. The summed E-state index contributed by atoms with van der Waals surface area (Å²) in [6, 6.07) is -1.10. The Morgan fingerprint density at radius 1 is 1.21 bits per heavy atom. The number of primary amides is 1. The van der Waals surface area contributed by atoms with Crippen LogP contribution in [0, 0.1) is 0 Å². The van der Waals surface area contributed by atoms with Crippen LogP contribution in [0.4, 0.5) is 31.1 Å². The van der Waals surface area contributed by atoms with Crippen molar-refractivity contribution in [2.24, 2.45) is 5.73 Å². The first-order chi connectivity index (χ1) is 8.53. The van der Waals surface area contributed by atoms with Crippen molar-refractivity contribution in [2.75, 3.05) is 6.54 Å². The number of hydrogen-bond donors (Lipinski definition) is 2. The fourth-order valence-corrected chi connectivity index (χ4v) is 1.79. The highest BCUT2D eigenvalue weighted by Crippen LogP contribution is 2.44. The van der Waals surface area contributed by atoms with Crippen LogP contribution in [0.25, 0.3) is 0 Å². The maximum Gasteiger partial charge on any atom is 0.417 e. The lowest BCUT2D eigenvalue weighted by Gasteiger charge is -2.25. The first kappa shape index (κ1) is 15.4.